The van der Waals surface area contributed by atoms with Crippen LogP contribution in [0.15, 0.2) is 0 Å². The second kappa shape index (κ2) is 28.8. The van der Waals surface area contributed by atoms with Gasteiger partial charge in [-0.2, -0.15) is 0 Å². The van der Waals surface area contributed by atoms with Crippen LogP contribution in [-0.2, 0) is 0 Å². The molecule has 0 heterocycles. The predicted octanol–water partition coefficient (Wildman–Crippen LogP) is 10.1. The lowest BCUT2D eigenvalue weighted by Crippen LogP contribution is -1.95. The molecule has 0 amide bonds. The molecule has 0 rings (SSSR count). The third kappa shape index (κ3) is 116. The molecule has 0 heteroatoms. The topological polar surface area (TPSA) is 0 Å². The summed E-state index contributed by atoms with van der Waals surface area (Å²) >= 11 is 0. The molecule has 0 aromatic heterocycles. The Morgan fingerprint density at radius 1 is 0.400 bits per heavy atom. The van der Waals surface area contributed by atoms with Crippen LogP contribution in [0.4, 0.5) is 0 Å². The third-order valence-corrected chi connectivity index (χ3v) is 3.54. The van der Waals surface area contributed by atoms with Crippen molar-refractivity contribution in [3.05, 3.63) is 0 Å². The molecule has 160 valence electrons. The van der Waals surface area contributed by atoms with Gasteiger partial charge in [0.05, 0.1) is 0 Å². The van der Waals surface area contributed by atoms with Crippen LogP contribution in [0.3, 0.4) is 0 Å². The van der Waals surface area contributed by atoms with E-state index in [0.717, 1.165) is 35.5 Å². The molecule has 0 aromatic carbocycles. The van der Waals surface area contributed by atoms with Crippen LogP contribution in [0.1, 0.15) is 130 Å². The van der Waals surface area contributed by atoms with E-state index in [1.165, 1.54) is 19.3 Å². The predicted molar refractivity (Wildman–Crippen MR) is 126 cm³/mol. The van der Waals surface area contributed by atoms with Gasteiger partial charge in [0.1, 0.15) is 0 Å². The van der Waals surface area contributed by atoms with Crippen LogP contribution in [0.25, 0.3) is 0 Å². The summed E-state index contributed by atoms with van der Waals surface area (Å²) in [4.78, 5) is 0. The van der Waals surface area contributed by atoms with E-state index in [9.17, 15) is 0 Å². The number of hydrogen-bond donors (Lipinski definition) is 0. The molecule has 0 fully saturated rings. The Bertz CT molecular complexity index is 153. The molecule has 0 bridgehead atoms. The molecule has 0 atom stereocenters. The lowest BCUT2D eigenvalue weighted by atomic mass is 10.0. The van der Waals surface area contributed by atoms with Gasteiger partial charge in [0.25, 0.3) is 0 Å². The summed E-state index contributed by atoms with van der Waals surface area (Å²) in [5.74, 6) is 5.19. The van der Waals surface area contributed by atoms with E-state index in [4.69, 9.17) is 0 Å². The fourth-order valence-electron chi connectivity index (χ4n) is 0.289. The molecule has 0 aliphatic carbocycles. The van der Waals surface area contributed by atoms with Crippen molar-refractivity contribution in [1.29, 1.82) is 0 Å². The largest absolute Gasteiger partial charge is 0.0651 e. The molecule has 0 unspecified atom stereocenters. The zero-order valence-electron chi connectivity index (χ0n) is 21.6. The summed E-state index contributed by atoms with van der Waals surface area (Å²) in [6.07, 6.45) is 3.97. The Morgan fingerprint density at radius 3 is 0.560 bits per heavy atom. The molecule has 0 N–H and O–H groups in total. The van der Waals surface area contributed by atoms with E-state index in [-0.39, 0.29) is 0 Å². The molecule has 0 radical (unpaired) electrons. The molecule has 25 heavy (non-hydrogen) atoms. The highest BCUT2D eigenvalue weighted by Crippen LogP contribution is 2.05. The van der Waals surface area contributed by atoms with E-state index in [0.29, 0.717) is 0 Å². The quantitative estimate of drug-likeness (QED) is 0.467. The van der Waals surface area contributed by atoms with Crippen molar-refractivity contribution in [1.82, 2.24) is 0 Å². The van der Waals surface area contributed by atoms with Crippen molar-refractivity contribution in [2.45, 2.75) is 130 Å². The summed E-state index contributed by atoms with van der Waals surface area (Å²) in [6.45, 7) is 35.3. The van der Waals surface area contributed by atoms with Crippen molar-refractivity contribution in [2.24, 2.45) is 35.5 Å². The first-order chi connectivity index (χ1) is 11.2. The molecule has 0 aromatic rings. The molecule has 0 saturated carbocycles. The maximum absolute atomic E-state index is 2.28. The summed E-state index contributed by atoms with van der Waals surface area (Å²) < 4.78 is 0. The van der Waals surface area contributed by atoms with E-state index >= 15 is 0 Å². The van der Waals surface area contributed by atoms with Gasteiger partial charge in [-0.15, -0.1) is 0 Å². The molecule has 0 nitrogen and oxygen atoms in total. The first-order valence-corrected chi connectivity index (χ1v) is 11.2. The molecule has 0 saturated heterocycles. The SMILES string of the molecule is CC(C)C.CC(C)C.CC(C)C(C)C.CCC(C)C.CCC(C)CC. The van der Waals surface area contributed by atoms with E-state index in [2.05, 4.69) is 111 Å². The van der Waals surface area contributed by atoms with Crippen molar-refractivity contribution in [3.8, 4) is 0 Å². The highest BCUT2D eigenvalue weighted by atomic mass is 14.0. The molecule has 0 aliphatic rings. The van der Waals surface area contributed by atoms with E-state index in [1.807, 2.05) is 0 Å². The Kier molecular flexibility index (Phi) is 41.5. The monoisotopic (exact) mass is 360 g/mol. The molecular formula is C25H60. The lowest BCUT2D eigenvalue weighted by Gasteiger charge is -2.05. The van der Waals surface area contributed by atoms with Gasteiger partial charge in [-0.25, -0.2) is 0 Å². The molecular weight excluding hydrogens is 300 g/mol. The zero-order chi connectivity index (χ0) is 21.6. The first-order valence-electron chi connectivity index (χ1n) is 11.2. The van der Waals surface area contributed by atoms with Gasteiger partial charge in [-0.1, -0.05) is 130 Å². The minimum absolute atomic E-state index is 0.833. The average Bonchev–Trinajstić information content (AvgIpc) is 2.46. The first kappa shape index (κ1) is 36.0. The third-order valence-electron chi connectivity index (χ3n) is 3.54. The Balaban J connectivity index is -0.0000000675. The maximum Gasteiger partial charge on any atom is -0.0448 e. The number of hydrogen-bond acceptors (Lipinski definition) is 0. The Hall–Kier alpha value is 0. The Morgan fingerprint density at radius 2 is 0.560 bits per heavy atom. The van der Waals surface area contributed by atoms with Crippen LogP contribution in [-0.4, -0.2) is 0 Å². The highest BCUT2D eigenvalue weighted by Gasteiger charge is 1.95. The summed E-state index contributed by atoms with van der Waals surface area (Å²) in [6, 6.07) is 0. The smallest absolute Gasteiger partial charge is 0.0448 e. The van der Waals surface area contributed by atoms with E-state index in [1.54, 1.807) is 0 Å². The van der Waals surface area contributed by atoms with Crippen LogP contribution in [0, 0.1) is 35.5 Å². The van der Waals surface area contributed by atoms with Crippen LogP contribution in [0.2, 0.25) is 0 Å². The Labute approximate surface area is 166 Å². The average molecular weight is 361 g/mol. The zero-order valence-corrected chi connectivity index (χ0v) is 21.6. The maximum atomic E-state index is 2.28. The van der Waals surface area contributed by atoms with Gasteiger partial charge in [-0.05, 0) is 35.5 Å². The van der Waals surface area contributed by atoms with Crippen molar-refractivity contribution in [2.75, 3.05) is 0 Å². The lowest BCUT2D eigenvalue weighted by molar-refractivity contribution is 0.457. The van der Waals surface area contributed by atoms with Crippen LogP contribution < -0.4 is 0 Å². The van der Waals surface area contributed by atoms with Crippen molar-refractivity contribution >= 4 is 0 Å². The normalized spacial score (nSPS) is 9.84. The second-order valence-corrected chi connectivity index (χ2v) is 9.68. The minimum atomic E-state index is 0.833. The number of rotatable bonds is 4. The molecule has 0 spiro atoms. The van der Waals surface area contributed by atoms with Gasteiger partial charge in [0.2, 0.25) is 0 Å². The van der Waals surface area contributed by atoms with Crippen molar-refractivity contribution in [3.63, 3.8) is 0 Å². The summed E-state index contributed by atoms with van der Waals surface area (Å²) in [5.41, 5.74) is 0. The molecule has 0 aliphatic heterocycles. The van der Waals surface area contributed by atoms with Crippen molar-refractivity contribution < 1.29 is 0 Å². The van der Waals surface area contributed by atoms with Gasteiger partial charge in [-0.3, -0.25) is 0 Å². The van der Waals surface area contributed by atoms with Gasteiger partial charge in [0.15, 0.2) is 0 Å². The fourth-order valence-corrected chi connectivity index (χ4v) is 0.289. The van der Waals surface area contributed by atoms with Gasteiger partial charge >= 0.3 is 0 Å². The summed E-state index contributed by atoms with van der Waals surface area (Å²) in [7, 11) is 0. The van der Waals surface area contributed by atoms with Gasteiger partial charge < -0.3 is 0 Å². The standard InChI is InChI=1S/2C6H14.C5H12.2C4H10/c1-5(2)6(3)4;1-4-6(3)5-2;1-4-5(2)3;2*1-4(2)3/h5-6H,1-4H3;6H,4-5H2,1-3H3;5H,4H2,1-3H3;2*4H,1-3H3. The van der Waals surface area contributed by atoms with Crippen LogP contribution >= 0.6 is 0 Å². The highest BCUT2D eigenvalue weighted by molar-refractivity contribution is 4.46. The van der Waals surface area contributed by atoms with E-state index < -0.39 is 0 Å². The summed E-state index contributed by atoms with van der Waals surface area (Å²) in [5, 5.41) is 0. The van der Waals surface area contributed by atoms with Gasteiger partial charge in [0, 0.05) is 0 Å². The second-order valence-electron chi connectivity index (χ2n) is 9.68. The van der Waals surface area contributed by atoms with Crippen LogP contribution in [0.5, 0.6) is 0 Å². The fraction of sp³-hybridized carbons (Fsp3) is 1.00. The minimum Gasteiger partial charge on any atom is -0.0651 e.